The Hall–Kier alpha value is -0.530. The summed E-state index contributed by atoms with van der Waals surface area (Å²) in [6.07, 6.45) is 4.71. The van der Waals surface area contributed by atoms with E-state index in [0.717, 1.165) is 6.42 Å². The van der Waals surface area contributed by atoms with Crippen LogP contribution in [0.2, 0.25) is 0 Å². The fourth-order valence-corrected chi connectivity index (χ4v) is 2.24. The van der Waals surface area contributed by atoms with Crippen LogP contribution in [0.3, 0.4) is 0 Å². The van der Waals surface area contributed by atoms with E-state index < -0.39 is 0 Å². The van der Waals surface area contributed by atoms with Crippen molar-refractivity contribution in [1.82, 2.24) is 6.15 Å². The molecular formula is C15H26ClN. The molecule has 0 saturated carbocycles. The molecule has 98 valence electrons. The molecule has 0 aliphatic heterocycles. The molecule has 17 heavy (non-hydrogen) atoms. The van der Waals surface area contributed by atoms with Crippen LogP contribution in [-0.4, -0.2) is 4.87 Å². The number of benzene rings is 1. The van der Waals surface area contributed by atoms with E-state index in [1.807, 2.05) is 0 Å². The van der Waals surface area contributed by atoms with Gasteiger partial charge in [-0.25, -0.2) is 0 Å². The lowest BCUT2D eigenvalue weighted by Gasteiger charge is -2.29. The fourth-order valence-electron chi connectivity index (χ4n) is 1.98. The molecule has 0 aliphatic carbocycles. The van der Waals surface area contributed by atoms with Gasteiger partial charge in [0.2, 0.25) is 0 Å². The smallest absolute Gasteiger partial charge is 0.0484 e. The first-order chi connectivity index (χ1) is 7.56. The molecule has 2 atom stereocenters. The minimum absolute atomic E-state index is 0. The van der Waals surface area contributed by atoms with Gasteiger partial charge in [0.05, 0.1) is 0 Å². The second-order valence-electron chi connectivity index (χ2n) is 4.98. The number of halogens is 1. The lowest BCUT2D eigenvalue weighted by atomic mass is 9.85. The van der Waals surface area contributed by atoms with Crippen molar-refractivity contribution in [1.29, 1.82) is 0 Å². The van der Waals surface area contributed by atoms with Crippen molar-refractivity contribution in [3.63, 3.8) is 0 Å². The molecule has 0 fully saturated rings. The van der Waals surface area contributed by atoms with E-state index in [0.29, 0.717) is 5.92 Å². The number of rotatable bonds is 6. The van der Waals surface area contributed by atoms with Crippen molar-refractivity contribution in [2.45, 2.75) is 51.3 Å². The molecule has 0 spiro atoms. The Morgan fingerprint density at radius 2 is 1.82 bits per heavy atom. The molecule has 3 N–H and O–H groups in total. The maximum Gasteiger partial charge on any atom is 0.0484 e. The summed E-state index contributed by atoms with van der Waals surface area (Å²) in [4.78, 5) is -0.115. The Labute approximate surface area is 111 Å². The summed E-state index contributed by atoms with van der Waals surface area (Å²) in [7, 11) is 0. The first-order valence-corrected chi connectivity index (χ1v) is 6.67. The molecule has 0 radical (unpaired) electrons. The van der Waals surface area contributed by atoms with Gasteiger partial charge >= 0.3 is 0 Å². The monoisotopic (exact) mass is 255 g/mol. The molecule has 1 rings (SSSR count). The van der Waals surface area contributed by atoms with E-state index in [9.17, 15) is 0 Å². The van der Waals surface area contributed by atoms with Crippen molar-refractivity contribution in [2.75, 3.05) is 0 Å². The zero-order chi connectivity index (χ0) is 12.0. The van der Waals surface area contributed by atoms with Crippen LogP contribution in [-0.2, 0) is 6.42 Å². The van der Waals surface area contributed by atoms with Crippen LogP contribution < -0.4 is 6.15 Å². The first kappa shape index (κ1) is 16.5. The van der Waals surface area contributed by atoms with Gasteiger partial charge in [0.1, 0.15) is 0 Å². The second-order valence-corrected chi connectivity index (χ2v) is 5.85. The molecule has 0 aliphatic rings. The first-order valence-electron chi connectivity index (χ1n) is 6.29. The van der Waals surface area contributed by atoms with Crippen LogP contribution in [0.15, 0.2) is 30.3 Å². The Morgan fingerprint density at radius 1 is 1.24 bits per heavy atom. The third kappa shape index (κ3) is 5.56. The minimum atomic E-state index is -0.115. The van der Waals surface area contributed by atoms with E-state index in [1.165, 1.54) is 24.8 Å². The van der Waals surface area contributed by atoms with Crippen molar-refractivity contribution >= 4 is 11.6 Å². The normalized spacial score (nSPS) is 15.8. The molecule has 1 aromatic rings. The molecule has 2 heteroatoms. The molecule has 2 unspecified atom stereocenters. The maximum absolute atomic E-state index is 6.66. The lowest BCUT2D eigenvalue weighted by molar-refractivity contribution is 0.383. The molecule has 1 nitrogen and oxygen atoms in total. The SMILES string of the molecule is CCCCC(C)C(C)(Cl)Cc1ccccc1.N. The maximum atomic E-state index is 6.66. The highest BCUT2D eigenvalue weighted by Gasteiger charge is 2.28. The van der Waals surface area contributed by atoms with Gasteiger partial charge in [0.25, 0.3) is 0 Å². The van der Waals surface area contributed by atoms with Crippen LogP contribution >= 0.6 is 11.6 Å². The van der Waals surface area contributed by atoms with Gasteiger partial charge in [-0.15, -0.1) is 11.6 Å². The average Bonchev–Trinajstić information content (AvgIpc) is 2.26. The highest BCUT2D eigenvalue weighted by Crippen LogP contribution is 2.32. The van der Waals surface area contributed by atoms with E-state index in [1.54, 1.807) is 0 Å². The highest BCUT2D eigenvalue weighted by atomic mass is 35.5. The summed E-state index contributed by atoms with van der Waals surface area (Å²) >= 11 is 6.66. The molecular weight excluding hydrogens is 230 g/mol. The summed E-state index contributed by atoms with van der Waals surface area (Å²) in [5.74, 6) is 0.564. The van der Waals surface area contributed by atoms with Crippen molar-refractivity contribution < 1.29 is 0 Å². The number of unbranched alkanes of at least 4 members (excludes halogenated alkanes) is 1. The Kier molecular flexibility index (Phi) is 7.49. The van der Waals surface area contributed by atoms with Crippen LogP contribution in [0.4, 0.5) is 0 Å². The minimum Gasteiger partial charge on any atom is -0.344 e. The van der Waals surface area contributed by atoms with Crippen molar-refractivity contribution in [3.8, 4) is 0 Å². The summed E-state index contributed by atoms with van der Waals surface area (Å²) < 4.78 is 0. The molecule has 0 aromatic heterocycles. The number of alkyl halides is 1. The van der Waals surface area contributed by atoms with E-state index in [4.69, 9.17) is 11.6 Å². The zero-order valence-electron chi connectivity index (χ0n) is 11.4. The van der Waals surface area contributed by atoms with Crippen LogP contribution in [0.1, 0.15) is 45.6 Å². The van der Waals surface area contributed by atoms with Gasteiger partial charge in [-0.1, -0.05) is 57.0 Å². The molecule has 1 aromatic carbocycles. The van der Waals surface area contributed by atoms with Crippen molar-refractivity contribution in [2.24, 2.45) is 5.92 Å². The van der Waals surface area contributed by atoms with Gasteiger partial charge in [-0.2, -0.15) is 0 Å². The van der Waals surface area contributed by atoms with Gasteiger partial charge in [-0.05, 0) is 31.2 Å². The zero-order valence-corrected chi connectivity index (χ0v) is 12.1. The Balaban J connectivity index is 0.00000256. The summed E-state index contributed by atoms with van der Waals surface area (Å²) in [5.41, 5.74) is 1.34. The lowest BCUT2D eigenvalue weighted by Crippen LogP contribution is -2.29. The quantitative estimate of drug-likeness (QED) is 0.696. The number of hydrogen-bond acceptors (Lipinski definition) is 1. The van der Waals surface area contributed by atoms with Crippen LogP contribution in [0, 0.1) is 5.92 Å². The van der Waals surface area contributed by atoms with Crippen LogP contribution in [0.5, 0.6) is 0 Å². The second kappa shape index (κ2) is 7.73. The van der Waals surface area contributed by atoms with Crippen molar-refractivity contribution in [3.05, 3.63) is 35.9 Å². The molecule has 0 saturated heterocycles. The van der Waals surface area contributed by atoms with E-state index >= 15 is 0 Å². The molecule has 0 heterocycles. The third-order valence-corrected chi connectivity index (χ3v) is 3.92. The standard InChI is InChI=1S/C15H23Cl.H3N/c1-4-5-9-13(2)15(3,16)12-14-10-7-6-8-11-14;/h6-8,10-11,13H,4-5,9,12H2,1-3H3;1H3. The van der Waals surface area contributed by atoms with E-state index in [-0.39, 0.29) is 11.0 Å². The van der Waals surface area contributed by atoms with Crippen LogP contribution in [0.25, 0.3) is 0 Å². The summed E-state index contributed by atoms with van der Waals surface area (Å²) in [6.45, 7) is 6.67. The predicted octanol–water partition coefficient (Wildman–Crippen LogP) is 5.21. The average molecular weight is 256 g/mol. The van der Waals surface area contributed by atoms with E-state index in [2.05, 4.69) is 51.1 Å². The predicted molar refractivity (Wildman–Crippen MR) is 78.1 cm³/mol. The molecule has 0 bridgehead atoms. The van der Waals surface area contributed by atoms with Gasteiger partial charge in [0, 0.05) is 4.87 Å². The largest absolute Gasteiger partial charge is 0.344 e. The molecule has 0 amide bonds. The topological polar surface area (TPSA) is 35.0 Å². The number of hydrogen-bond donors (Lipinski definition) is 1. The van der Waals surface area contributed by atoms with Gasteiger partial charge in [-0.3, -0.25) is 0 Å². The Bertz CT molecular complexity index is 295. The van der Waals surface area contributed by atoms with Gasteiger partial charge in [0.15, 0.2) is 0 Å². The summed E-state index contributed by atoms with van der Waals surface area (Å²) in [6, 6.07) is 10.5. The fraction of sp³-hybridized carbons (Fsp3) is 0.600. The Morgan fingerprint density at radius 3 is 2.35 bits per heavy atom. The van der Waals surface area contributed by atoms with Gasteiger partial charge < -0.3 is 6.15 Å². The summed E-state index contributed by atoms with van der Waals surface area (Å²) in [5, 5.41) is 0. The third-order valence-electron chi connectivity index (χ3n) is 3.41. The highest BCUT2D eigenvalue weighted by molar-refractivity contribution is 6.24.